The van der Waals surface area contributed by atoms with Gasteiger partial charge in [0.1, 0.15) is 6.04 Å². The van der Waals surface area contributed by atoms with Crippen molar-refractivity contribution < 1.29 is 18.3 Å². The summed E-state index contributed by atoms with van der Waals surface area (Å²) < 4.78 is 27.1. The normalized spacial score (nSPS) is 27.0. The zero-order valence-corrected chi connectivity index (χ0v) is 13.0. The number of nitriles is 1. The average Bonchev–Trinajstić information content (AvgIpc) is 2.93. The van der Waals surface area contributed by atoms with E-state index in [9.17, 15) is 18.3 Å². The Balaban J connectivity index is 2.13. The van der Waals surface area contributed by atoms with Crippen molar-refractivity contribution in [2.24, 2.45) is 0 Å². The fourth-order valence-corrected chi connectivity index (χ4v) is 4.87. The van der Waals surface area contributed by atoms with Gasteiger partial charge >= 0.3 is 10.2 Å². The fourth-order valence-electron chi connectivity index (χ4n) is 3.01. The largest absolute Gasteiger partial charge is 0.392 e. The maximum atomic E-state index is 12.6. The number of benzene rings is 1. The molecule has 2 fully saturated rings. The second-order valence-electron chi connectivity index (χ2n) is 5.58. The summed E-state index contributed by atoms with van der Waals surface area (Å²) in [6.45, 7) is 3.34. The molecule has 0 aliphatic carbocycles. The number of hydrogen-bond donors (Lipinski definition) is 1. The van der Waals surface area contributed by atoms with Gasteiger partial charge in [-0.05, 0) is 37.1 Å². The third-order valence-electron chi connectivity index (χ3n) is 4.34. The Morgan fingerprint density at radius 1 is 1.32 bits per heavy atom. The number of fused-ring (bicyclic) bond motifs is 1. The van der Waals surface area contributed by atoms with Gasteiger partial charge in [-0.3, -0.25) is 4.79 Å². The Hall–Kier alpha value is -1.95. The maximum absolute atomic E-state index is 12.6. The van der Waals surface area contributed by atoms with Crippen LogP contribution in [0.15, 0.2) is 12.1 Å². The Morgan fingerprint density at radius 2 is 2.00 bits per heavy atom. The summed E-state index contributed by atoms with van der Waals surface area (Å²) in [5.41, 5.74) is 1.94. The smallest absolute Gasteiger partial charge is 0.311 e. The highest BCUT2D eigenvalue weighted by Crippen LogP contribution is 2.38. The zero-order chi connectivity index (χ0) is 16.2. The lowest BCUT2D eigenvalue weighted by Gasteiger charge is -2.21. The van der Waals surface area contributed by atoms with Crippen LogP contribution >= 0.6 is 0 Å². The van der Waals surface area contributed by atoms with Crippen molar-refractivity contribution in [1.82, 2.24) is 4.31 Å². The number of aliphatic hydroxyl groups excluding tert-OH is 1. The summed E-state index contributed by atoms with van der Waals surface area (Å²) >= 11 is 0. The molecule has 2 aliphatic heterocycles. The van der Waals surface area contributed by atoms with Gasteiger partial charge in [-0.2, -0.15) is 22.3 Å². The summed E-state index contributed by atoms with van der Waals surface area (Å²) in [6.07, 6.45) is -0.697. The van der Waals surface area contributed by atoms with Crippen molar-refractivity contribution in [1.29, 1.82) is 5.26 Å². The van der Waals surface area contributed by atoms with Crippen LogP contribution in [0.5, 0.6) is 0 Å². The summed E-state index contributed by atoms with van der Waals surface area (Å²) in [5, 5.41) is 18.6. The van der Waals surface area contributed by atoms with Crippen LogP contribution in [0, 0.1) is 25.2 Å². The molecule has 1 aromatic rings. The topological polar surface area (TPSA) is 102 Å². The molecule has 0 radical (unpaired) electrons. The van der Waals surface area contributed by atoms with Gasteiger partial charge in [0, 0.05) is 13.0 Å². The van der Waals surface area contributed by atoms with Gasteiger partial charge in [-0.1, -0.05) is 0 Å². The summed E-state index contributed by atoms with van der Waals surface area (Å²) in [4.78, 5) is 12.5. The minimum atomic E-state index is -3.98. The van der Waals surface area contributed by atoms with Crippen LogP contribution in [0.3, 0.4) is 0 Å². The van der Waals surface area contributed by atoms with Crippen molar-refractivity contribution in [2.45, 2.75) is 32.4 Å². The first-order valence-corrected chi connectivity index (χ1v) is 8.23. The van der Waals surface area contributed by atoms with E-state index in [0.717, 1.165) is 8.61 Å². The number of nitrogens with zero attached hydrogens (tertiary/aromatic N) is 3. The molecule has 1 aromatic carbocycles. The van der Waals surface area contributed by atoms with Gasteiger partial charge in [-0.15, -0.1) is 0 Å². The zero-order valence-electron chi connectivity index (χ0n) is 12.1. The lowest BCUT2D eigenvalue weighted by molar-refractivity contribution is -0.119. The lowest BCUT2D eigenvalue weighted by atomic mass is 10.0. The van der Waals surface area contributed by atoms with E-state index < -0.39 is 28.3 Å². The standard InChI is InChI=1S/C14H15N3O4S/c1-8-9(2)12(4-3-10(8)6-15)17-14(19)13-5-11(18)7-16(13)22(17,20)21/h3-4,11,13,18H,5,7H2,1-2H3/t11-,13-/m0/s1. The molecule has 0 bridgehead atoms. The van der Waals surface area contributed by atoms with E-state index in [1.807, 2.05) is 6.07 Å². The molecular formula is C14H15N3O4S. The summed E-state index contributed by atoms with van der Waals surface area (Å²) in [7, 11) is -3.98. The lowest BCUT2D eigenvalue weighted by Crippen LogP contribution is -2.36. The molecule has 2 saturated heterocycles. The van der Waals surface area contributed by atoms with Crippen molar-refractivity contribution in [3.63, 3.8) is 0 Å². The molecule has 0 spiro atoms. The van der Waals surface area contributed by atoms with Crippen molar-refractivity contribution in [2.75, 3.05) is 10.8 Å². The van der Waals surface area contributed by atoms with Gasteiger partial charge in [0.15, 0.2) is 0 Å². The number of carbonyl (C=O) groups excluding carboxylic acids is 1. The minimum absolute atomic E-state index is 0.0659. The van der Waals surface area contributed by atoms with Crippen LogP contribution in [-0.4, -0.2) is 42.4 Å². The highest BCUT2D eigenvalue weighted by atomic mass is 32.2. The molecule has 0 saturated carbocycles. The number of hydrogen-bond acceptors (Lipinski definition) is 5. The molecule has 3 rings (SSSR count). The van der Waals surface area contributed by atoms with E-state index in [4.69, 9.17) is 5.26 Å². The van der Waals surface area contributed by atoms with Crippen molar-refractivity contribution in [3.8, 4) is 6.07 Å². The van der Waals surface area contributed by atoms with E-state index in [0.29, 0.717) is 16.7 Å². The molecule has 1 amide bonds. The van der Waals surface area contributed by atoms with E-state index in [1.165, 1.54) is 12.1 Å². The molecule has 116 valence electrons. The van der Waals surface area contributed by atoms with Crippen LogP contribution in [0.4, 0.5) is 5.69 Å². The molecule has 1 N–H and O–H groups in total. The quantitative estimate of drug-likeness (QED) is 0.796. The van der Waals surface area contributed by atoms with Gasteiger partial charge in [-0.25, -0.2) is 0 Å². The Morgan fingerprint density at radius 3 is 2.59 bits per heavy atom. The van der Waals surface area contributed by atoms with Gasteiger partial charge in [0.25, 0.3) is 5.91 Å². The Labute approximate surface area is 128 Å². The van der Waals surface area contributed by atoms with Crippen LogP contribution in [0.25, 0.3) is 0 Å². The van der Waals surface area contributed by atoms with Crippen molar-refractivity contribution >= 4 is 21.8 Å². The summed E-state index contributed by atoms with van der Waals surface area (Å²) in [6, 6.07) is 4.19. The predicted molar refractivity (Wildman–Crippen MR) is 78.2 cm³/mol. The van der Waals surface area contributed by atoms with Crippen LogP contribution in [0.2, 0.25) is 0 Å². The highest BCUT2D eigenvalue weighted by molar-refractivity contribution is 7.91. The minimum Gasteiger partial charge on any atom is -0.392 e. The third kappa shape index (κ3) is 1.86. The number of aliphatic hydroxyl groups is 1. The van der Waals surface area contributed by atoms with E-state index in [-0.39, 0.29) is 18.7 Å². The predicted octanol–water partition coefficient (Wildman–Crippen LogP) is 0.202. The first kappa shape index (κ1) is 15.0. The monoisotopic (exact) mass is 321 g/mol. The molecule has 0 aromatic heterocycles. The second kappa shape index (κ2) is 4.78. The van der Waals surface area contributed by atoms with Gasteiger partial charge in [0.05, 0.1) is 23.4 Å². The van der Waals surface area contributed by atoms with Gasteiger partial charge in [0.2, 0.25) is 0 Å². The molecule has 7 nitrogen and oxygen atoms in total. The second-order valence-corrected chi connectivity index (χ2v) is 7.31. The fraction of sp³-hybridized carbons (Fsp3) is 0.429. The molecule has 2 heterocycles. The first-order valence-electron chi connectivity index (χ1n) is 6.83. The van der Waals surface area contributed by atoms with Crippen LogP contribution in [0.1, 0.15) is 23.1 Å². The summed E-state index contributed by atoms with van der Waals surface area (Å²) in [5.74, 6) is -0.552. The molecule has 22 heavy (non-hydrogen) atoms. The van der Waals surface area contributed by atoms with Crippen molar-refractivity contribution in [3.05, 3.63) is 28.8 Å². The molecule has 2 atom stereocenters. The van der Waals surface area contributed by atoms with Crippen LogP contribution < -0.4 is 4.31 Å². The maximum Gasteiger partial charge on any atom is 0.311 e. The van der Waals surface area contributed by atoms with Gasteiger partial charge < -0.3 is 5.11 Å². The van der Waals surface area contributed by atoms with E-state index in [1.54, 1.807) is 13.8 Å². The molecule has 2 aliphatic rings. The molecule has 8 heteroatoms. The van der Waals surface area contributed by atoms with E-state index >= 15 is 0 Å². The van der Waals surface area contributed by atoms with Crippen LogP contribution in [-0.2, 0) is 15.0 Å². The molecule has 0 unspecified atom stereocenters. The average molecular weight is 321 g/mol. The molecular weight excluding hydrogens is 306 g/mol. The van der Waals surface area contributed by atoms with E-state index in [2.05, 4.69) is 0 Å². The number of anilines is 1. The first-order chi connectivity index (χ1) is 10.3. The highest BCUT2D eigenvalue weighted by Gasteiger charge is 2.55. The Kier molecular flexibility index (Phi) is 3.25. The third-order valence-corrected chi connectivity index (χ3v) is 6.18. The Bertz CT molecular complexity index is 812. The number of carbonyl (C=O) groups is 1. The SMILES string of the molecule is Cc1c(C#N)ccc(N2C(=O)[C@@H]3C[C@H](O)CN3S2(=O)=O)c1C. The number of amides is 1. The number of rotatable bonds is 1.